The quantitative estimate of drug-likeness (QED) is 0.252. The van der Waals surface area contributed by atoms with Crippen LogP contribution in [-0.4, -0.2) is 23.4 Å². The predicted octanol–water partition coefficient (Wildman–Crippen LogP) is 6.03. The van der Waals surface area contributed by atoms with E-state index in [-0.39, 0.29) is 4.90 Å². The molecule has 31 heavy (non-hydrogen) atoms. The largest absolute Gasteiger partial charge is 0.341 e. The van der Waals surface area contributed by atoms with Gasteiger partial charge in [0, 0.05) is 32.9 Å². The Balaban J connectivity index is 1.49. The fourth-order valence-corrected chi connectivity index (χ4v) is 5.96. The van der Waals surface area contributed by atoms with Crippen molar-refractivity contribution in [2.24, 2.45) is 0 Å². The van der Waals surface area contributed by atoms with E-state index < -0.39 is 10.0 Å². The van der Waals surface area contributed by atoms with Gasteiger partial charge in [0.2, 0.25) is 0 Å². The van der Waals surface area contributed by atoms with E-state index in [0.29, 0.717) is 21.0 Å². The summed E-state index contributed by atoms with van der Waals surface area (Å²) in [5, 5.41) is 3.26. The highest BCUT2D eigenvalue weighted by Gasteiger charge is 2.16. The molecule has 0 radical (unpaired) electrons. The maximum absolute atomic E-state index is 12.5. The first-order valence-corrected chi connectivity index (χ1v) is 13.2. The Labute approximate surface area is 207 Å². The molecule has 0 aliphatic carbocycles. The summed E-state index contributed by atoms with van der Waals surface area (Å²) in [6.45, 7) is 0. The minimum absolute atomic E-state index is 0.158. The normalized spacial score (nSPS) is 11.6. The van der Waals surface area contributed by atoms with Gasteiger partial charge in [-0.1, -0.05) is 23.2 Å². The number of aryl methyl sites for hydroxylation is 2. The Bertz CT molecular complexity index is 1290. The summed E-state index contributed by atoms with van der Waals surface area (Å²) in [5.74, 6) is 0.681. The lowest BCUT2D eigenvalue weighted by atomic mass is 10.1. The van der Waals surface area contributed by atoms with E-state index in [4.69, 9.17) is 23.2 Å². The zero-order chi connectivity index (χ0) is 22.0. The molecule has 0 aliphatic heterocycles. The van der Waals surface area contributed by atoms with Crippen LogP contribution in [0.25, 0.3) is 11.4 Å². The van der Waals surface area contributed by atoms with Gasteiger partial charge in [-0.3, -0.25) is 4.72 Å². The second-order valence-electron chi connectivity index (χ2n) is 6.60. The van der Waals surface area contributed by atoms with Gasteiger partial charge in [0.05, 0.1) is 4.90 Å². The van der Waals surface area contributed by atoms with Crippen molar-refractivity contribution in [3.8, 4) is 11.4 Å². The number of halogens is 3. The van der Waals surface area contributed by atoms with Gasteiger partial charge >= 0.3 is 0 Å². The third-order valence-corrected chi connectivity index (χ3v) is 7.91. The number of H-pyrrole nitrogens is 1. The van der Waals surface area contributed by atoms with Crippen LogP contribution in [0.3, 0.4) is 0 Å². The monoisotopic (exact) mass is 604 g/mol. The molecule has 2 aromatic carbocycles. The Hall–Kier alpha value is -1.66. The summed E-state index contributed by atoms with van der Waals surface area (Å²) in [4.78, 5) is 12.0. The maximum Gasteiger partial charge on any atom is 0.263 e. The number of nitrogens with one attached hydrogen (secondary N) is 2. The number of aromatic nitrogens is 3. The molecule has 160 valence electrons. The van der Waals surface area contributed by atoms with Crippen LogP contribution in [0.5, 0.6) is 0 Å². The number of nitrogens with zero attached hydrogens (tertiary/aromatic N) is 2. The van der Waals surface area contributed by atoms with Crippen molar-refractivity contribution in [1.82, 2.24) is 15.0 Å². The molecule has 0 unspecified atom stereocenters. The average Bonchev–Trinajstić information content (AvgIpc) is 3.35. The molecule has 2 aromatic heterocycles. The number of thiazole rings is 1. The summed E-state index contributed by atoms with van der Waals surface area (Å²) in [6, 6.07) is 12.1. The smallest absolute Gasteiger partial charge is 0.263 e. The SMILES string of the molecule is O=S(=O)(Nc1nccs1)c1ccc(-c2nc(I)c(CCc3cc(Cl)cc(Cl)c3)[nH]2)cc1. The highest BCUT2D eigenvalue weighted by atomic mass is 127. The van der Waals surface area contributed by atoms with E-state index in [1.807, 2.05) is 12.1 Å². The Kier molecular flexibility index (Phi) is 6.87. The van der Waals surface area contributed by atoms with Crippen molar-refractivity contribution in [3.05, 3.63) is 79.0 Å². The van der Waals surface area contributed by atoms with Gasteiger partial charge in [-0.2, -0.15) is 0 Å². The van der Waals surface area contributed by atoms with Gasteiger partial charge in [0.1, 0.15) is 9.53 Å². The van der Waals surface area contributed by atoms with Crippen LogP contribution in [0.15, 0.2) is 58.9 Å². The second-order valence-corrected chi connectivity index (χ2v) is 11.1. The molecule has 0 atom stereocenters. The van der Waals surface area contributed by atoms with Crippen LogP contribution in [-0.2, 0) is 22.9 Å². The highest BCUT2D eigenvalue weighted by molar-refractivity contribution is 14.1. The van der Waals surface area contributed by atoms with Crippen molar-refractivity contribution in [2.45, 2.75) is 17.7 Å². The summed E-state index contributed by atoms with van der Waals surface area (Å²) in [5.41, 5.74) is 2.84. The molecule has 0 aliphatic rings. The predicted molar refractivity (Wildman–Crippen MR) is 134 cm³/mol. The standard InChI is InChI=1S/C20H15Cl2IN4O2S2/c21-14-9-12(10-15(22)11-14)1-6-17-18(23)26-19(25-17)13-2-4-16(5-3-13)31(28,29)27-20-24-7-8-30-20/h2-5,7-11H,1,6H2,(H,24,27)(H,25,26). The van der Waals surface area contributed by atoms with Gasteiger partial charge in [-0.15, -0.1) is 11.3 Å². The topological polar surface area (TPSA) is 87.7 Å². The van der Waals surface area contributed by atoms with Gasteiger partial charge in [-0.05, 0) is 83.5 Å². The molecule has 0 spiro atoms. The molecule has 2 N–H and O–H groups in total. The summed E-state index contributed by atoms with van der Waals surface area (Å²) < 4.78 is 28.3. The molecule has 0 amide bonds. The molecule has 6 nitrogen and oxygen atoms in total. The van der Waals surface area contributed by atoms with E-state index in [1.54, 1.807) is 41.9 Å². The molecule has 0 bridgehead atoms. The van der Waals surface area contributed by atoms with E-state index in [2.05, 4.69) is 42.3 Å². The van der Waals surface area contributed by atoms with Crippen LogP contribution >= 0.6 is 57.1 Å². The summed E-state index contributed by atoms with van der Waals surface area (Å²) in [7, 11) is -3.69. The Morgan fingerprint density at radius 2 is 1.77 bits per heavy atom. The van der Waals surface area contributed by atoms with E-state index in [0.717, 1.165) is 33.4 Å². The van der Waals surface area contributed by atoms with Crippen molar-refractivity contribution in [2.75, 3.05) is 4.72 Å². The number of aromatic amines is 1. The highest BCUT2D eigenvalue weighted by Crippen LogP contribution is 2.25. The number of benzene rings is 2. The van der Waals surface area contributed by atoms with Crippen molar-refractivity contribution >= 4 is 72.3 Å². The molecule has 0 saturated carbocycles. The van der Waals surface area contributed by atoms with Crippen LogP contribution in [0.2, 0.25) is 10.0 Å². The number of rotatable bonds is 7. The van der Waals surface area contributed by atoms with Crippen LogP contribution in [0.1, 0.15) is 11.3 Å². The molecule has 4 rings (SSSR count). The maximum atomic E-state index is 12.5. The lowest BCUT2D eigenvalue weighted by Gasteiger charge is -2.06. The van der Waals surface area contributed by atoms with Crippen molar-refractivity contribution < 1.29 is 8.42 Å². The number of hydrogen-bond acceptors (Lipinski definition) is 5. The molecule has 0 saturated heterocycles. The molecular formula is C20H15Cl2IN4O2S2. The first-order valence-electron chi connectivity index (χ1n) is 9.02. The fourth-order valence-electron chi connectivity index (χ4n) is 2.95. The minimum Gasteiger partial charge on any atom is -0.341 e. The van der Waals surface area contributed by atoms with Gasteiger partial charge in [0.15, 0.2) is 5.13 Å². The third-order valence-electron chi connectivity index (χ3n) is 4.41. The van der Waals surface area contributed by atoms with Crippen LogP contribution in [0.4, 0.5) is 5.13 Å². The van der Waals surface area contributed by atoms with Gasteiger partial charge in [0.25, 0.3) is 10.0 Å². The Morgan fingerprint density at radius 3 is 2.42 bits per heavy atom. The lowest BCUT2D eigenvalue weighted by molar-refractivity contribution is 0.601. The molecule has 2 heterocycles. The average molecular weight is 605 g/mol. The summed E-state index contributed by atoms with van der Waals surface area (Å²) in [6.07, 6.45) is 3.05. The second kappa shape index (κ2) is 9.45. The van der Waals surface area contributed by atoms with Gasteiger partial charge in [-0.25, -0.2) is 18.4 Å². The van der Waals surface area contributed by atoms with E-state index >= 15 is 0 Å². The van der Waals surface area contributed by atoms with Crippen LogP contribution < -0.4 is 4.72 Å². The first-order chi connectivity index (χ1) is 14.8. The van der Waals surface area contributed by atoms with Crippen molar-refractivity contribution in [3.63, 3.8) is 0 Å². The molecule has 0 fully saturated rings. The number of sulfonamides is 1. The minimum atomic E-state index is -3.69. The number of anilines is 1. The molecular weight excluding hydrogens is 590 g/mol. The molecule has 4 aromatic rings. The number of hydrogen-bond donors (Lipinski definition) is 2. The molecule has 11 heteroatoms. The number of imidazole rings is 1. The fraction of sp³-hybridized carbons (Fsp3) is 0.100. The van der Waals surface area contributed by atoms with Crippen molar-refractivity contribution in [1.29, 1.82) is 0 Å². The van der Waals surface area contributed by atoms with E-state index in [1.165, 1.54) is 11.3 Å². The third kappa shape index (κ3) is 5.58. The van der Waals surface area contributed by atoms with Gasteiger partial charge < -0.3 is 4.98 Å². The van der Waals surface area contributed by atoms with E-state index in [9.17, 15) is 8.42 Å². The zero-order valence-corrected chi connectivity index (χ0v) is 21.1. The Morgan fingerprint density at radius 1 is 1.06 bits per heavy atom. The van der Waals surface area contributed by atoms with Crippen LogP contribution in [0, 0.1) is 3.70 Å². The summed E-state index contributed by atoms with van der Waals surface area (Å²) >= 11 is 15.6. The first kappa shape index (κ1) is 22.5. The zero-order valence-electron chi connectivity index (χ0n) is 15.8. The lowest BCUT2D eigenvalue weighted by Crippen LogP contribution is -2.12.